The van der Waals surface area contributed by atoms with E-state index >= 15 is 0 Å². The molecule has 0 radical (unpaired) electrons. The lowest BCUT2D eigenvalue weighted by molar-refractivity contribution is 0.582. The predicted molar refractivity (Wildman–Crippen MR) is 106 cm³/mol. The van der Waals surface area contributed by atoms with Gasteiger partial charge in [-0.15, -0.1) is 23.1 Å². The van der Waals surface area contributed by atoms with E-state index in [-0.39, 0.29) is 0 Å². The Morgan fingerprint density at radius 1 is 1.08 bits per heavy atom. The summed E-state index contributed by atoms with van der Waals surface area (Å²) in [4.78, 5) is 5.36. The maximum atomic E-state index is 12.0. The molecule has 0 spiro atoms. The minimum absolute atomic E-state index is 0.291. The average Bonchev–Trinajstić information content (AvgIpc) is 3.17. The number of thiophene rings is 1. The molecule has 0 aliphatic heterocycles. The summed E-state index contributed by atoms with van der Waals surface area (Å²) >= 11 is 2.97. The van der Waals surface area contributed by atoms with Gasteiger partial charge in [-0.25, -0.2) is 13.1 Å². The summed E-state index contributed by atoms with van der Waals surface area (Å²) in [5.74, 6) is 1.57. The number of guanidine groups is 1. The van der Waals surface area contributed by atoms with Crippen LogP contribution in [0.1, 0.15) is 0 Å². The first-order chi connectivity index (χ1) is 12.1. The zero-order chi connectivity index (χ0) is 18.0. The first-order valence-corrected chi connectivity index (χ1v) is 11.1. The molecule has 0 aliphatic rings. The highest BCUT2D eigenvalue weighted by Crippen LogP contribution is 2.16. The van der Waals surface area contributed by atoms with Gasteiger partial charge in [0.25, 0.3) is 0 Å². The van der Waals surface area contributed by atoms with Crippen LogP contribution in [-0.4, -0.2) is 46.8 Å². The maximum absolute atomic E-state index is 12.0. The average molecular weight is 399 g/mol. The molecule has 0 fully saturated rings. The molecular formula is C16H22N4O2S3. The van der Waals surface area contributed by atoms with Crippen LogP contribution in [0.15, 0.2) is 61.9 Å². The zero-order valence-electron chi connectivity index (χ0n) is 13.9. The van der Waals surface area contributed by atoms with Crippen LogP contribution in [0.25, 0.3) is 0 Å². The van der Waals surface area contributed by atoms with Gasteiger partial charge in [-0.1, -0.05) is 24.3 Å². The minimum Gasteiger partial charge on any atom is -0.356 e. The van der Waals surface area contributed by atoms with Crippen molar-refractivity contribution in [2.45, 2.75) is 9.10 Å². The Morgan fingerprint density at radius 3 is 2.52 bits per heavy atom. The van der Waals surface area contributed by atoms with Gasteiger partial charge in [0.05, 0.1) is 0 Å². The Morgan fingerprint density at radius 2 is 1.84 bits per heavy atom. The molecule has 0 unspecified atom stereocenters. The van der Waals surface area contributed by atoms with E-state index in [1.807, 2.05) is 18.2 Å². The van der Waals surface area contributed by atoms with Crippen molar-refractivity contribution >= 4 is 39.1 Å². The number of nitrogens with zero attached hydrogens (tertiary/aromatic N) is 1. The van der Waals surface area contributed by atoms with Gasteiger partial charge in [0.1, 0.15) is 4.21 Å². The molecule has 0 amide bonds. The Labute approximate surface area is 157 Å². The van der Waals surface area contributed by atoms with Crippen molar-refractivity contribution in [1.29, 1.82) is 0 Å². The van der Waals surface area contributed by atoms with E-state index in [2.05, 4.69) is 32.5 Å². The quantitative estimate of drug-likeness (QED) is 0.260. The van der Waals surface area contributed by atoms with Crippen molar-refractivity contribution in [3.63, 3.8) is 0 Å². The highest BCUT2D eigenvalue weighted by molar-refractivity contribution is 7.99. The summed E-state index contributed by atoms with van der Waals surface area (Å²) in [5.41, 5.74) is 0. The van der Waals surface area contributed by atoms with Crippen LogP contribution in [-0.2, 0) is 10.0 Å². The Balaban J connectivity index is 1.62. The maximum Gasteiger partial charge on any atom is 0.250 e. The van der Waals surface area contributed by atoms with Crippen LogP contribution >= 0.6 is 23.1 Å². The van der Waals surface area contributed by atoms with Gasteiger partial charge in [-0.2, -0.15) is 0 Å². The van der Waals surface area contributed by atoms with E-state index in [4.69, 9.17) is 0 Å². The molecule has 0 bridgehead atoms. The van der Waals surface area contributed by atoms with Crippen molar-refractivity contribution in [2.24, 2.45) is 4.99 Å². The van der Waals surface area contributed by atoms with Gasteiger partial charge >= 0.3 is 0 Å². The lowest BCUT2D eigenvalue weighted by atomic mass is 10.4. The topological polar surface area (TPSA) is 82.6 Å². The van der Waals surface area contributed by atoms with Crippen molar-refractivity contribution in [3.8, 4) is 0 Å². The monoisotopic (exact) mass is 398 g/mol. The molecule has 6 nitrogen and oxygen atoms in total. The Kier molecular flexibility index (Phi) is 8.26. The predicted octanol–water partition coefficient (Wildman–Crippen LogP) is 1.98. The van der Waals surface area contributed by atoms with E-state index in [9.17, 15) is 8.42 Å². The van der Waals surface area contributed by atoms with E-state index in [1.54, 1.807) is 36.3 Å². The summed E-state index contributed by atoms with van der Waals surface area (Å²) in [6.07, 6.45) is 0. The molecule has 3 N–H and O–H groups in total. The molecular weight excluding hydrogens is 376 g/mol. The standard InChI is InChI=1S/C16H22N4O2S3/c1-17-16(19-11-13-23-14-6-3-2-4-7-14)18-9-10-20-25(21,22)15-8-5-12-24-15/h2-8,12,20H,9-11,13H2,1H3,(H2,17,18,19). The van der Waals surface area contributed by atoms with Crippen molar-refractivity contribution in [1.82, 2.24) is 15.4 Å². The molecule has 0 atom stereocenters. The fourth-order valence-electron chi connectivity index (χ4n) is 1.93. The molecule has 2 rings (SSSR count). The molecule has 136 valence electrons. The number of thioether (sulfide) groups is 1. The summed E-state index contributed by atoms with van der Waals surface area (Å²) in [7, 11) is -1.72. The molecule has 0 saturated heterocycles. The van der Waals surface area contributed by atoms with Crippen molar-refractivity contribution in [3.05, 3.63) is 47.8 Å². The number of aliphatic imine (C=N–C) groups is 1. The Hall–Kier alpha value is -1.55. The van der Waals surface area contributed by atoms with Crippen LogP contribution in [0.4, 0.5) is 0 Å². The lowest BCUT2D eigenvalue weighted by Gasteiger charge is -2.12. The largest absolute Gasteiger partial charge is 0.356 e. The highest BCUT2D eigenvalue weighted by atomic mass is 32.2. The molecule has 25 heavy (non-hydrogen) atoms. The van der Waals surface area contributed by atoms with Gasteiger partial charge in [-0.05, 0) is 23.6 Å². The molecule has 0 aliphatic carbocycles. The molecule has 0 saturated carbocycles. The third kappa shape index (κ3) is 7.07. The molecule has 1 heterocycles. The second-order valence-electron chi connectivity index (χ2n) is 4.92. The van der Waals surface area contributed by atoms with Gasteiger partial charge in [0.2, 0.25) is 10.0 Å². The summed E-state index contributed by atoms with van der Waals surface area (Å²) in [6, 6.07) is 13.5. The zero-order valence-corrected chi connectivity index (χ0v) is 16.4. The van der Waals surface area contributed by atoms with Crippen LogP contribution < -0.4 is 15.4 Å². The van der Waals surface area contributed by atoms with Gasteiger partial charge in [0.15, 0.2) is 5.96 Å². The van der Waals surface area contributed by atoms with E-state index in [1.165, 1.54) is 16.2 Å². The number of nitrogens with one attached hydrogen (secondary N) is 3. The van der Waals surface area contributed by atoms with Gasteiger partial charge < -0.3 is 10.6 Å². The number of benzene rings is 1. The second-order valence-corrected chi connectivity index (χ2v) is 9.03. The molecule has 9 heteroatoms. The van der Waals surface area contributed by atoms with Crippen LogP contribution in [0, 0.1) is 0 Å². The van der Waals surface area contributed by atoms with Crippen molar-refractivity contribution in [2.75, 3.05) is 32.4 Å². The minimum atomic E-state index is -3.41. The van der Waals surface area contributed by atoms with E-state index < -0.39 is 10.0 Å². The fourth-order valence-corrected chi connectivity index (χ4v) is 4.79. The fraction of sp³-hybridized carbons (Fsp3) is 0.312. The Bertz CT molecular complexity index is 747. The SMILES string of the molecule is CN=C(NCCNS(=O)(=O)c1cccs1)NCCSc1ccccc1. The van der Waals surface area contributed by atoms with E-state index in [0.29, 0.717) is 23.3 Å². The summed E-state index contributed by atoms with van der Waals surface area (Å²) in [6.45, 7) is 1.51. The molecule has 1 aromatic carbocycles. The number of rotatable bonds is 9. The third-order valence-electron chi connectivity index (χ3n) is 3.10. The van der Waals surface area contributed by atoms with Gasteiger partial charge in [0, 0.05) is 37.3 Å². The third-order valence-corrected chi connectivity index (χ3v) is 6.97. The molecule has 1 aromatic heterocycles. The van der Waals surface area contributed by atoms with E-state index in [0.717, 1.165) is 12.3 Å². The summed E-state index contributed by atoms with van der Waals surface area (Å²) in [5, 5.41) is 8.04. The first-order valence-electron chi connectivity index (χ1n) is 7.77. The van der Waals surface area contributed by atoms with Gasteiger partial charge in [-0.3, -0.25) is 4.99 Å². The lowest BCUT2D eigenvalue weighted by Crippen LogP contribution is -2.42. The number of hydrogen-bond acceptors (Lipinski definition) is 5. The number of sulfonamides is 1. The second kappa shape index (κ2) is 10.4. The normalized spacial score (nSPS) is 12.1. The molecule has 2 aromatic rings. The summed E-state index contributed by atoms with van der Waals surface area (Å²) < 4.78 is 26.8. The van der Waals surface area contributed by atoms with Crippen LogP contribution in [0.2, 0.25) is 0 Å². The van der Waals surface area contributed by atoms with Crippen molar-refractivity contribution < 1.29 is 8.42 Å². The highest BCUT2D eigenvalue weighted by Gasteiger charge is 2.13. The smallest absolute Gasteiger partial charge is 0.250 e. The van der Waals surface area contributed by atoms with Crippen LogP contribution in [0.5, 0.6) is 0 Å². The first kappa shape index (κ1) is 19.8. The number of hydrogen-bond donors (Lipinski definition) is 3. The van der Waals surface area contributed by atoms with Crippen LogP contribution in [0.3, 0.4) is 0 Å².